The van der Waals surface area contributed by atoms with E-state index in [1.54, 1.807) is 25.3 Å². The molecule has 162 valence electrons. The summed E-state index contributed by atoms with van der Waals surface area (Å²) in [4.78, 5) is 30.3. The van der Waals surface area contributed by atoms with Crippen LogP contribution in [-0.4, -0.2) is 47.3 Å². The topological polar surface area (TPSA) is 88.4 Å². The SMILES string of the molecule is CCOc1cc(C=C2SC(=Nc3cccc(C(=O)O)c3)N(C)C2=O)cc(Br)c1OCC. The van der Waals surface area contributed by atoms with E-state index < -0.39 is 5.97 Å². The molecule has 1 aliphatic heterocycles. The summed E-state index contributed by atoms with van der Waals surface area (Å²) in [5.74, 6) is -0.0123. The Balaban J connectivity index is 1.93. The Morgan fingerprint density at radius 3 is 2.65 bits per heavy atom. The van der Waals surface area contributed by atoms with Crippen LogP contribution in [0.3, 0.4) is 0 Å². The van der Waals surface area contributed by atoms with Crippen molar-refractivity contribution in [1.82, 2.24) is 4.90 Å². The van der Waals surface area contributed by atoms with E-state index in [0.717, 1.165) is 10.0 Å². The molecule has 0 unspecified atom stereocenters. The van der Waals surface area contributed by atoms with Crippen LogP contribution in [0, 0.1) is 0 Å². The number of benzene rings is 2. The van der Waals surface area contributed by atoms with Crippen molar-refractivity contribution in [2.75, 3.05) is 20.3 Å². The molecule has 1 fully saturated rings. The standard InChI is InChI=1S/C22H21BrN2O5S/c1-4-29-17-10-13(9-16(23)19(17)30-5-2)11-18-20(26)25(3)22(31-18)24-15-8-6-7-14(12-15)21(27)28/h6-12H,4-5H2,1-3H3,(H,27,28). The Hall–Kier alpha value is -2.78. The van der Waals surface area contributed by atoms with Crippen molar-refractivity contribution in [1.29, 1.82) is 0 Å². The zero-order chi connectivity index (χ0) is 22.5. The molecule has 0 bridgehead atoms. The van der Waals surface area contributed by atoms with Crippen LogP contribution in [0.1, 0.15) is 29.8 Å². The lowest BCUT2D eigenvalue weighted by Crippen LogP contribution is -2.23. The molecule has 2 aromatic carbocycles. The minimum atomic E-state index is -1.03. The third-order valence-corrected chi connectivity index (χ3v) is 5.89. The van der Waals surface area contributed by atoms with Crippen molar-refractivity contribution in [3.05, 3.63) is 56.9 Å². The minimum Gasteiger partial charge on any atom is -0.490 e. The van der Waals surface area contributed by atoms with Gasteiger partial charge < -0.3 is 14.6 Å². The van der Waals surface area contributed by atoms with Gasteiger partial charge in [0.25, 0.3) is 5.91 Å². The fraction of sp³-hybridized carbons (Fsp3) is 0.227. The number of carboxylic acids is 1. The van der Waals surface area contributed by atoms with Crippen LogP contribution >= 0.6 is 27.7 Å². The van der Waals surface area contributed by atoms with Crippen LogP contribution in [0.5, 0.6) is 11.5 Å². The van der Waals surface area contributed by atoms with E-state index >= 15 is 0 Å². The number of halogens is 1. The van der Waals surface area contributed by atoms with Crippen molar-refractivity contribution < 1.29 is 24.2 Å². The Kier molecular flexibility index (Phi) is 7.40. The van der Waals surface area contributed by atoms with E-state index in [9.17, 15) is 9.59 Å². The van der Waals surface area contributed by atoms with Gasteiger partial charge in [-0.2, -0.15) is 0 Å². The number of likely N-dealkylation sites (N-methyl/N-ethyl adjacent to an activating group) is 1. The second kappa shape index (κ2) is 10.0. The lowest BCUT2D eigenvalue weighted by atomic mass is 10.2. The van der Waals surface area contributed by atoms with Crippen molar-refractivity contribution >= 4 is 56.5 Å². The molecule has 1 N–H and O–H groups in total. The number of thioether (sulfide) groups is 1. The van der Waals surface area contributed by atoms with Gasteiger partial charge in [0, 0.05) is 7.05 Å². The molecule has 7 nitrogen and oxygen atoms in total. The highest BCUT2D eigenvalue weighted by Crippen LogP contribution is 2.39. The van der Waals surface area contributed by atoms with Gasteiger partial charge in [0.15, 0.2) is 16.7 Å². The Labute approximate surface area is 192 Å². The largest absolute Gasteiger partial charge is 0.490 e. The summed E-state index contributed by atoms with van der Waals surface area (Å²) in [5.41, 5.74) is 1.38. The van der Waals surface area contributed by atoms with Crippen molar-refractivity contribution in [3.63, 3.8) is 0 Å². The first kappa shape index (κ1) is 22.9. The molecular formula is C22H21BrN2O5S. The number of ether oxygens (including phenoxy) is 2. The molecular weight excluding hydrogens is 484 g/mol. The van der Waals surface area contributed by atoms with Gasteiger partial charge >= 0.3 is 5.97 Å². The summed E-state index contributed by atoms with van der Waals surface area (Å²) in [7, 11) is 1.63. The van der Waals surface area contributed by atoms with Crippen LogP contribution < -0.4 is 9.47 Å². The third-order valence-electron chi connectivity index (χ3n) is 4.24. The summed E-state index contributed by atoms with van der Waals surface area (Å²) in [6, 6.07) is 9.96. The van der Waals surface area contributed by atoms with Gasteiger partial charge in [-0.05, 0) is 83.5 Å². The number of amides is 1. The number of hydrogen-bond donors (Lipinski definition) is 1. The number of carboxylic acid groups (broad SMARTS) is 1. The number of aromatic carboxylic acids is 1. The molecule has 1 heterocycles. The second-order valence-corrected chi connectivity index (χ2v) is 8.28. The molecule has 1 saturated heterocycles. The van der Waals surface area contributed by atoms with Gasteiger partial charge in [0.05, 0.1) is 33.8 Å². The first-order chi connectivity index (χ1) is 14.8. The predicted octanol–water partition coefficient (Wildman–Crippen LogP) is 5.18. The Bertz CT molecular complexity index is 1080. The average molecular weight is 505 g/mol. The van der Waals surface area contributed by atoms with Crippen molar-refractivity contribution in [3.8, 4) is 11.5 Å². The lowest BCUT2D eigenvalue weighted by molar-refractivity contribution is -0.121. The fourth-order valence-electron chi connectivity index (χ4n) is 2.84. The summed E-state index contributed by atoms with van der Waals surface area (Å²) in [6.45, 7) is 4.77. The van der Waals surface area contributed by atoms with E-state index in [4.69, 9.17) is 14.6 Å². The van der Waals surface area contributed by atoms with Crippen LogP contribution in [0.4, 0.5) is 5.69 Å². The highest BCUT2D eigenvalue weighted by molar-refractivity contribution is 9.10. The maximum absolute atomic E-state index is 12.7. The monoisotopic (exact) mass is 504 g/mol. The fourth-order valence-corrected chi connectivity index (χ4v) is 4.40. The van der Waals surface area contributed by atoms with E-state index in [1.807, 2.05) is 26.0 Å². The second-order valence-electron chi connectivity index (χ2n) is 6.42. The van der Waals surface area contributed by atoms with Gasteiger partial charge in [-0.15, -0.1) is 0 Å². The van der Waals surface area contributed by atoms with Gasteiger partial charge in [0.2, 0.25) is 0 Å². The van der Waals surface area contributed by atoms with E-state index in [2.05, 4.69) is 20.9 Å². The lowest BCUT2D eigenvalue weighted by Gasteiger charge is -2.13. The van der Waals surface area contributed by atoms with Crippen LogP contribution in [0.25, 0.3) is 6.08 Å². The number of nitrogens with zero attached hydrogens (tertiary/aromatic N) is 2. The van der Waals surface area contributed by atoms with Crippen LogP contribution in [-0.2, 0) is 4.79 Å². The van der Waals surface area contributed by atoms with Gasteiger partial charge in [0.1, 0.15) is 0 Å². The maximum Gasteiger partial charge on any atom is 0.335 e. The molecule has 0 aromatic heterocycles. The van der Waals surface area contributed by atoms with Crippen LogP contribution in [0.15, 0.2) is 50.8 Å². The molecule has 0 aliphatic carbocycles. The first-order valence-electron chi connectivity index (χ1n) is 9.52. The summed E-state index contributed by atoms with van der Waals surface area (Å²) in [6.07, 6.45) is 1.77. The number of carbonyl (C=O) groups is 2. The van der Waals surface area contributed by atoms with Gasteiger partial charge in [-0.1, -0.05) is 6.07 Å². The molecule has 0 saturated carbocycles. The molecule has 31 heavy (non-hydrogen) atoms. The van der Waals surface area contributed by atoms with Gasteiger partial charge in [-0.25, -0.2) is 9.79 Å². The smallest absolute Gasteiger partial charge is 0.335 e. The number of carbonyl (C=O) groups excluding carboxylic acids is 1. The van der Waals surface area contributed by atoms with Crippen LogP contribution in [0.2, 0.25) is 0 Å². The first-order valence-corrected chi connectivity index (χ1v) is 11.1. The predicted molar refractivity (Wildman–Crippen MR) is 125 cm³/mol. The molecule has 9 heteroatoms. The van der Waals surface area contributed by atoms with Crippen molar-refractivity contribution in [2.24, 2.45) is 4.99 Å². The molecule has 0 radical (unpaired) electrons. The molecule has 2 aromatic rings. The highest BCUT2D eigenvalue weighted by Gasteiger charge is 2.30. The summed E-state index contributed by atoms with van der Waals surface area (Å²) >= 11 is 4.73. The quantitative estimate of drug-likeness (QED) is 0.522. The normalized spacial score (nSPS) is 16.3. The Morgan fingerprint density at radius 1 is 1.23 bits per heavy atom. The van der Waals surface area contributed by atoms with Crippen molar-refractivity contribution in [2.45, 2.75) is 13.8 Å². The number of aliphatic imine (C=N–C) groups is 1. The van der Waals surface area contributed by atoms with E-state index in [-0.39, 0.29) is 11.5 Å². The zero-order valence-corrected chi connectivity index (χ0v) is 19.6. The summed E-state index contributed by atoms with van der Waals surface area (Å²) in [5, 5.41) is 9.62. The molecule has 1 aliphatic rings. The summed E-state index contributed by atoms with van der Waals surface area (Å²) < 4.78 is 12.1. The van der Waals surface area contributed by atoms with Gasteiger partial charge in [-0.3, -0.25) is 9.69 Å². The zero-order valence-electron chi connectivity index (χ0n) is 17.2. The highest BCUT2D eigenvalue weighted by atomic mass is 79.9. The van der Waals surface area contributed by atoms with E-state index in [0.29, 0.717) is 40.5 Å². The Morgan fingerprint density at radius 2 is 1.97 bits per heavy atom. The average Bonchev–Trinajstić information content (AvgIpc) is 2.99. The number of hydrogen-bond acceptors (Lipinski definition) is 6. The molecule has 0 spiro atoms. The molecule has 0 atom stereocenters. The third kappa shape index (κ3) is 5.29. The molecule has 1 amide bonds. The maximum atomic E-state index is 12.7. The van der Waals surface area contributed by atoms with E-state index in [1.165, 1.54) is 28.8 Å². The minimum absolute atomic E-state index is 0.136. The molecule has 3 rings (SSSR count). The number of amidine groups is 1. The number of rotatable bonds is 7.